The summed E-state index contributed by atoms with van der Waals surface area (Å²) in [7, 11) is 0. The van der Waals surface area contributed by atoms with E-state index in [-0.39, 0.29) is 24.8 Å². The summed E-state index contributed by atoms with van der Waals surface area (Å²) in [5.74, 6) is 2.72. The van der Waals surface area contributed by atoms with Gasteiger partial charge in [-0.15, -0.1) is 0 Å². The molecule has 126 valence electrons. The van der Waals surface area contributed by atoms with Gasteiger partial charge in [0.1, 0.15) is 6.04 Å². The van der Waals surface area contributed by atoms with Crippen LogP contribution in [0.4, 0.5) is 5.69 Å². The van der Waals surface area contributed by atoms with Crippen molar-refractivity contribution in [3.05, 3.63) is 18.2 Å². The van der Waals surface area contributed by atoms with E-state index in [1.54, 1.807) is 0 Å². The topological polar surface area (TPSA) is 59.6 Å². The zero-order valence-electron chi connectivity index (χ0n) is 14.1. The molecule has 0 unspecified atom stereocenters. The van der Waals surface area contributed by atoms with Gasteiger partial charge in [0, 0.05) is 17.8 Å². The maximum Gasteiger partial charge on any atom is 0.242 e. The van der Waals surface area contributed by atoms with E-state index in [2.05, 4.69) is 24.5 Å². The summed E-state index contributed by atoms with van der Waals surface area (Å²) >= 11 is 0. The first-order valence-corrected chi connectivity index (χ1v) is 8.51. The second kappa shape index (κ2) is 6.69. The van der Waals surface area contributed by atoms with Crippen LogP contribution in [-0.4, -0.2) is 24.8 Å². The van der Waals surface area contributed by atoms with Crippen LogP contribution in [-0.2, 0) is 4.79 Å². The van der Waals surface area contributed by atoms with E-state index in [4.69, 9.17) is 9.47 Å². The third kappa shape index (κ3) is 3.54. The van der Waals surface area contributed by atoms with E-state index in [1.807, 2.05) is 25.1 Å². The van der Waals surface area contributed by atoms with E-state index in [1.165, 1.54) is 12.8 Å². The standard InChI is InChI=1S/C18H26N2O3/c1-11-5-4-6-15(12(11)2)20-18(21)13(3)19-14-7-8-16-17(9-14)23-10-22-16/h7-9,11-13,15,19H,4-6,10H2,1-3H3,(H,20,21)/t11-,12-,13+,15-/m1/s1. The Kier molecular flexibility index (Phi) is 4.64. The smallest absolute Gasteiger partial charge is 0.242 e. The number of carbonyl (C=O) groups is 1. The maximum absolute atomic E-state index is 12.5. The first kappa shape index (κ1) is 16.0. The predicted molar refractivity (Wildman–Crippen MR) is 89.8 cm³/mol. The number of ether oxygens (including phenoxy) is 2. The second-order valence-electron chi connectivity index (χ2n) is 6.82. The molecule has 1 aliphatic heterocycles. The lowest BCUT2D eigenvalue weighted by atomic mass is 9.78. The highest BCUT2D eigenvalue weighted by Crippen LogP contribution is 2.34. The van der Waals surface area contributed by atoms with Crippen molar-refractivity contribution in [2.24, 2.45) is 11.8 Å². The highest BCUT2D eigenvalue weighted by molar-refractivity contribution is 5.84. The maximum atomic E-state index is 12.5. The fraction of sp³-hybridized carbons (Fsp3) is 0.611. The van der Waals surface area contributed by atoms with Crippen molar-refractivity contribution >= 4 is 11.6 Å². The van der Waals surface area contributed by atoms with Gasteiger partial charge in [-0.3, -0.25) is 4.79 Å². The number of fused-ring (bicyclic) bond motifs is 1. The Hall–Kier alpha value is -1.91. The quantitative estimate of drug-likeness (QED) is 0.895. The zero-order valence-corrected chi connectivity index (χ0v) is 14.1. The van der Waals surface area contributed by atoms with E-state index >= 15 is 0 Å². The van der Waals surface area contributed by atoms with E-state index in [9.17, 15) is 4.79 Å². The lowest BCUT2D eigenvalue weighted by molar-refractivity contribution is -0.122. The highest BCUT2D eigenvalue weighted by atomic mass is 16.7. The van der Waals surface area contributed by atoms with Crippen LogP contribution in [0.1, 0.15) is 40.0 Å². The molecule has 2 N–H and O–H groups in total. The van der Waals surface area contributed by atoms with Gasteiger partial charge in [0.2, 0.25) is 12.7 Å². The second-order valence-corrected chi connectivity index (χ2v) is 6.82. The van der Waals surface area contributed by atoms with Crippen molar-refractivity contribution in [3.8, 4) is 11.5 Å². The minimum atomic E-state index is -0.292. The van der Waals surface area contributed by atoms with E-state index in [0.29, 0.717) is 11.8 Å². The summed E-state index contributed by atoms with van der Waals surface area (Å²) in [6.07, 6.45) is 3.53. The van der Waals surface area contributed by atoms with Gasteiger partial charge in [0.05, 0.1) is 0 Å². The number of nitrogens with one attached hydrogen (secondary N) is 2. The molecule has 23 heavy (non-hydrogen) atoms. The van der Waals surface area contributed by atoms with Crippen molar-refractivity contribution in [1.82, 2.24) is 5.32 Å². The normalized spacial score (nSPS) is 27.3. The van der Waals surface area contributed by atoms with Gasteiger partial charge in [-0.05, 0) is 37.3 Å². The molecular weight excluding hydrogens is 292 g/mol. The van der Waals surface area contributed by atoms with Crippen LogP contribution in [0.3, 0.4) is 0 Å². The number of hydrogen-bond donors (Lipinski definition) is 2. The molecule has 2 aliphatic rings. The molecule has 3 rings (SSSR count). The van der Waals surface area contributed by atoms with Crippen LogP contribution in [0, 0.1) is 11.8 Å². The minimum Gasteiger partial charge on any atom is -0.454 e. The average Bonchev–Trinajstić information content (AvgIpc) is 2.99. The fourth-order valence-corrected chi connectivity index (χ4v) is 3.40. The molecule has 1 aromatic carbocycles. The molecular formula is C18H26N2O3. The van der Waals surface area contributed by atoms with Crippen LogP contribution < -0.4 is 20.1 Å². The molecule has 1 amide bonds. The lowest BCUT2D eigenvalue weighted by Crippen LogP contribution is -2.48. The first-order valence-electron chi connectivity index (χ1n) is 8.51. The van der Waals surface area contributed by atoms with Crippen molar-refractivity contribution in [2.45, 2.75) is 52.1 Å². The van der Waals surface area contributed by atoms with Crippen LogP contribution in [0.15, 0.2) is 18.2 Å². The Morgan fingerprint density at radius 1 is 1.22 bits per heavy atom. The Bertz CT molecular complexity index is 575. The molecule has 1 fully saturated rings. The molecule has 1 saturated carbocycles. The van der Waals surface area contributed by atoms with Crippen molar-refractivity contribution in [1.29, 1.82) is 0 Å². The number of carbonyl (C=O) groups excluding carboxylic acids is 1. The van der Waals surface area contributed by atoms with Gasteiger partial charge < -0.3 is 20.1 Å². The van der Waals surface area contributed by atoms with Crippen LogP contribution in [0.2, 0.25) is 0 Å². The van der Waals surface area contributed by atoms with Gasteiger partial charge in [-0.1, -0.05) is 26.7 Å². The Balaban J connectivity index is 1.57. The van der Waals surface area contributed by atoms with Gasteiger partial charge in [0.15, 0.2) is 11.5 Å². The first-order chi connectivity index (χ1) is 11.0. The summed E-state index contributed by atoms with van der Waals surface area (Å²) < 4.78 is 10.7. The number of hydrogen-bond acceptors (Lipinski definition) is 4. The largest absolute Gasteiger partial charge is 0.454 e. The molecule has 1 aliphatic carbocycles. The summed E-state index contributed by atoms with van der Waals surface area (Å²) in [5.41, 5.74) is 0.863. The molecule has 0 saturated heterocycles. The highest BCUT2D eigenvalue weighted by Gasteiger charge is 2.29. The molecule has 0 spiro atoms. The third-order valence-electron chi connectivity index (χ3n) is 5.18. The van der Waals surface area contributed by atoms with Crippen molar-refractivity contribution in [2.75, 3.05) is 12.1 Å². The number of anilines is 1. The van der Waals surface area contributed by atoms with Crippen LogP contribution in [0.5, 0.6) is 11.5 Å². The number of benzene rings is 1. The van der Waals surface area contributed by atoms with Gasteiger partial charge in [-0.2, -0.15) is 0 Å². The Morgan fingerprint density at radius 2 is 2.00 bits per heavy atom. The summed E-state index contributed by atoms with van der Waals surface area (Å²) in [4.78, 5) is 12.5. The number of rotatable bonds is 4. The van der Waals surface area contributed by atoms with Crippen LogP contribution >= 0.6 is 0 Å². The number of amides is 1. The summed E-state index contributed by atoms with van der Waals surface area (Å²) in [6, 6.07) is 5.63. The molecule has 0 bridgehead atoms. The van der Waals surface area contributed by atoms with E-state index < -0.39 is 0 Å². The third-order valence-corrected chi connectivity index (χ3v) is 5.18. The molecule has 0 aromatic heterocycles. The molecule has 5 nitrogen and oxygen atoms in total. The van der Waals surface area contributed by atoms with Gasteiger partial charge in [0.25, 0.3) is 0 Å². The fourth-order valence-electron chi connectivity index (χ4n) is 3.40. The summed E-state index contributed by atoms with van der Waals surface area (Å²) in [6.45, 7) is 6.66. The zero-order chi connectivity index (χ0) is 16.4. The van der Waals surface area contributed by atoms with Crippen LogP contribution in [0.25, 0.3) is 0 Å². The molecule has 5 heteroatoms. The molecule has 1 aromatic rings. The molecule has 0 radical (unpaired) electrons. The van der Waals surface area contributed by atoms with Crippen molar-refractivity contribution < 1.29 is 14.3 Å². The van der Waals surface area contributed by atoms with Crippen molar-refractivity contribution in [3.63, 3.8) is 0 Å². The van der Waals surface area contributed by atoms with E-state index in [0.717, 1.165) is 23.6 Å². The lowest BCUT2D eigenvalue weighted by Gasteiger charge is -2.35. The van der Waals surface area contributed by atoms with Gasteiger partial charge in [-0.25, -0.2) is 0 Å². The minimum absolute atomic E-state index is 0.0496. The Morgan fingerprint density at radius 3 is 2.83 bits per heavy atom. The molecule has 1 heterocycles. The monoisotopic (exact) mass is 318 g/mol. The summed E-state index contributed by atoms with van der Waals surface area (Å²) in [5, 5.41) is 6.45. The average molecular weight is 318 g/mol. The van der Waals surface area contributed by atoms with Gasteiger partial charge >= 0.3 is 0 Å². The SMILES string of the molecule is C[C@@H]1[C@H](C)CCC[C@H]1NC(=O)[C@H](C)Nc1ccc2c(c1)OCO2. The predicted octanol–water partition coefficient (Wildman–Crippen LogP) is 3.16. The Labute approximate surface area is 137 Å². The molecule has 4 atom stereocenters.